The van der Waals surface area contributed by atoms with E-state index in [0.29, 0.717) is 5.56 Å². The average molecular weight is 414 g/mol. The number of phenols is 1. The van der Waals surface area contributed by atoms with Gasteiger partial charge in [0.25, 0.3) is 0 Å². The smallest absolute Gasteiger partial charge is 0.408 e. The number of benzene rings is 2. The van der Waals surface area contributed by atoms with E-state index < -0.39 is 30.1 Å². The minimum atomic E-state index is -1.20. The summed E-state index contributed by atoms with van der Waals surface area (Å²) in [7, 11) is 0. The van der Waals surface area contributed by atoms with Crippen LogP contribution in [0, 0.1) is 5.92 Å². The first kappa shape index (κ1) is 22.7. The molecule has 0 aliphatic heterocycles. The van der Waals surface area contributed by atoms with Gasteiger partial charge in [0.05, 0.1) is 0 Å². The highest BCUT2D eigenvalue weighted by Crippen LogP contribution is 2.12. The molecular weight excluding hydrogens is 388 g/mol. The molecule has 0 fully saturated rings. The highest BCUT2D eigenvalue weighted by Gasteiger charge is 2.29. The van der Waals surface area contributed by atoms with Gasteiger partial charge in [0.15, 0.2) is 0 Å². The van der Waals surface area contributed by atoms with Crippen LogP contribution in [0.2, 0.25) is 0 Å². The van der Waals surface area contributed by atoms with Crippen LogP contribution in [-0.2, 0) is 27.4 Å². The number of carbonyl (C=O) groups excluding carboxylic acids is 2. The molecule has 0 heterocycles. The third kappa shape index (κ3) is 7.12. The van der Waals surface area contributed by atoms with Crippen molar-refractivity contribution in [3.8, 4) is 5.75 Å². The number of carbonyl (C=O) groups is 3. The quantitative estimate of drug-likeness (QED) is 0.500. The minimum absolute atomic E-state index is 0.0324. The Kier molecular flexibility index (Phi) is 8.22. The Labute approximate surface area is 174 Å². The molecule has 0 unspecified atom stereocenters. The molecule has 0 aromatic heterocycles. The summed E-state index contributed by atoms with van der Waals surface area (Å²) >= 11 is 0. The van der Waals surface area contributed by atoms with Crippen LogP contribution < -0.4 is 10.6 Å². The lowest BCUT2D eigenvalue weighted by atomic mass is 10.0. The second-order valence-electron chi connectivity index (χ2n) is 7.20. The van der Waals surface area contributed by atoms with Gasteiger partial charge in [-0.25, -0.2) is 9.59 Å². The SMILES string of the molecule is CC(C)[C@@H](NC(=O)OCc1ccccc1)C(=O)N[C@@H](Cc1ccc(O)cc1)C(=O)O. The molecule has 0 bridgehead atoms. The van der Waals surface area contributed by atoms with Crippen molar-refractivity contribution in [2.75, 3.05) is 0 Å². The van der Waals surface area contributed by atoms with E-state index >= 15 is 0 Å². The first-order chi connectivity index (χ1) is 14.3. The number of aromatic hydroxyl groups is 1. The molecule has 2 aromatic rings. The number of nitrogens with one attached hydrogen (secondary N) is 2. The van der Waals surface area contributed by atoms with Gasteiger partial charge in [0.1, 0.15) is 24.4 Å². The lowest BCUT2D eigenvalue weighted by Crippen LogP contribution is -2.54. The van der Waals surface area contributed by atoms with Gasteiger partial charge in [-0.15, -0.1) is 0 Å². The fourth-order valence-electron chi connectivity index (χ4n) is 2.76. The number of hydrogen-bond acceptors (Lipinski definition) is 5. The van der Waals surface area contributed by atoms with Crippen LogP contribution in [0.15, 0.2) is 54.6 Å². The van der Waals surface area contributed by atoms with Crippen molar-refractivity contribution >= 4 is 18.0 Å². The van der Waals surface area contributed by atoms with Gasteiger partial charge in [-0.3, -0.25) is 4.79 Å². The zero-order valence-electron chi connectivity index (χ0n) is 16.9. The number of hydrogen-bond donors (Lipinski definition) is 4. The van der Waals surface area contributed by atoms with E-state index in [1.54, 1.807) is 38.1 Å². The Morgan fingerprint density at radius 1 is 0.933 bits per heavy atom. The molecule has 2 rings (SSSR count). The van der Waals surface area contributed by atoms with Crippen molar-refractivity contribution in [1.82, 2.24) is 10.6 Å². The number of aliphatic carboxylic acids is 1. The standard InChI is InChI=1S/C22H26N2O6/c1-14(2)19(24-22(29)30-13-16-6-4-3-5-7-16)20(26)23-18(21(27)28)12-15-8-10-17(25)11-9-15/h3-11,14,18-19,25H,12-13H2,1-2H3,(H,23,26)(H,24,29)(H,27,28)/t18-,19+/m0/s1. The van der Waals surface area contributed by atoms with E-state index in [0.717, 1.165) is 5.56 Å². The van der Waals surface area contributed by atoms with E-state index in [-0.39, 0.29) is 24.7 Å². The molecule has 160 valence electrons. The van der Waals surface area contributed by atoms with Crippen LogP contribution in [0.4, 0.5) is 4.79 Å². The molecule has 30 heavy (non-hydrogen) atoms. The molecule has 0 radical (unpaired) electrons. The Morgan fingerprint density at radius 3 is 2.13 bits per heavy atom. The maximum absolute atomic E-state index is 12.7. The van der Waals surface area contributed by atoms with Crippen LogP contribution in [0.1, 0.15) is 25.0 Å². The molecule has 8 heteroatoms. The van der Waals surface area contributed by atoms with E-state index in [2.05, 4.69) is 10.6 Å². The largest absolute Gasteiger partial charge is 0.508 e. The van der Waals surface area contributed by atoms with Crippen molar-refractivity contribution in [3.05, 3.63) is 65.7 Å². The molecule has 0 spiro atoms. The van der Waals surface area contributed by atoms with Crippen molar-refractivity contribution < 1.29 is 29.3 Å². The van der Waals surface area contributed by atoms with Gasteiger partial charge in [-0.2, -0.15) is 0 Å². The summed E-state index contributed by atoms with van der Waals surface area (Å²) in [6.07, 6.45) is -0.733. The number of ether oxygens (including phenoxy) is 1. The van der Waals surface area contributed by atoms with Crippen LogP contribution in [0.25, 0.3) is 0 Å². The van der Waals surface area contributed by atoms with Crippen LogP contribution in [-0.4, -0.2) is 40.3 Å². The summed E-state index contributed by atoms with van der Waals surface area (Å²) in [4.78, 5) is 36.4. The van der Waals surface area contributed by atoms with Crippen molar-refractivity contribution in [2.45, 2.75) is 39.0 Å². The molecule has 2 aromatic carbocycles. The monoisotopic (exact) mass is 414 g/mol. The van der Waals surface area contributed by atoms with Gasteiger partial charge < -0.3 is 25.6 Å². The maximum Gasteiger partial charge on any atom is 0.408 e. The average Bonchev–Trinajstić information content (AvgIpc) is 2.71. The van der Waals surface area contributed by atoms with Gasteiger partial charge in [-0.05, 0) is 29.2 Å². The number of alkyl carbamates (subject to hydrolysis) is 1. The third-order valence-corrected chi connectivity index (χ3v) is 4.43. The van der Waals surface area contributed by atoms with Crippen LogP contribution >= 0.6 is 0 Å². The van der Waals surface area contributed by atoms with E-state index in [4.69, 9.17) is 4.74 Å². The first-order valence-corrected chi connectivity index (χ1v) is 9.54. The molecule has 2 amide bonds. The Morgan fingerprint density at radius 2 is 1.57 bits per heavy atom. The van der Waals surface area contributed by atoms with Crippen LogP contribution in [0.3, 0.4) is 0 Å². The van der Waals surface area contributed by atoms with Crippen LogP contribution in [0.5, 0.6) is 5.75 Å². The molecular formula is C22H26N2O6. The number of phenolic OH excluding ortho intramolecular Hbond substituents is 1. The molecule has 0 saturated carbocycles. The molecule has 2 atom stereocenters. The first-order valence-electron chi connectivity index (χ1n) is 9.54. The molecule has 0 aliphatic carbocycles. The zero-order chi connectivity index (χ0) is 22.1. The summed E-state index contributed by atoms with van der Waals surface area (Å²) in [5, 5.41) is 23.8. The van der Waals surface area contributed by atoms with Gasteiger partial charge in [0.2, 0.25) is 5.91 Å². The lowest BCUT2D eigenvalue weighted by molar-refractivity contribution is -0.142. The predicted octanol–water partition coefficient (Wildman–Crippen LogP) is 2.46. The van der Waals surface area contributed by atoms with E-state index in [1.807, 2.05) is 18.2 Å². The van der Waals surface area contributed by atoms with E-state index in [9.17, 15) is 24.6 Å². The fourth-order valence-corrected chi connectivity index (χ4v) is 2.76. The minimum Gasteiger partial charge on any atom is -0.508 e. The molecule has 4 N–H and O–H groups in total. The number of rotatable bonds is 9. The topological polar surface area (TPSA) is 125 Å². The second-order valence-corrected chi connectivity index (χ2v) is 7.20. The Balaban J connectivity index is 1.97. The third-order valence-electron chi connectivity index (χ3n) is 4.43. The summed E-state index contributed by atoms with van der Waals surface area (Å²) in [6.45, 7) is 3.52. The second kappa shape index (κ2) is 10.8. The lowest BCUT2D eigenvalue weighted by Gasteiger charge is -2.24. The molecule has 0 aliphatic rings. The normalized spacial score (nSPS) is 12.6. The van der Waals surface area contributed by atoms with E-state index in [1.165, 1.54) is 12.1 Å². The molecule has 0 saturated heterocycles. The van der Waals surface area contributed by atoms with Gasteiger partial charge in [0, 0.05) is 6.42 Å². The molecule has 8 nitrogen and oxygen atoms in total. The van der Waals surface area contributed by atoms with Gasteiger partial charge >= 0.3 is 12.1 Å². The van der Waals surface area contributed by atoms with Crippen molar-refractivity contribution in [3.63, 3.8) is 0 Å². The summed E-state index contributed by atoms with van der Waals surface area (Å²) in [5.41, 5.74) is 1.44. The number of carboxylic acid groups (broad SMARTS) is 1. The van der Waals surface area contributed by atoms with Gasteiger partial charge in [-0.1, -0.05) is 56.3 Å². The zero-order valence-corrected chi connectivity index (χ0v) is 16.9. The highest BCUT2D eigenvalue weighted by atomic mass is 16.5. The Bertz CT molecular complexity index is 852. The maximum atomic E-state index is 12.7. The highest BCUT2D eigenvalue weighted by molar-refractivity contribution is 5.89. The summed E-state index contributed by atoms with van der Waals surface area (Å²) < 4.78 is 5.15. The summed E-state index contributed by atoms with van der Waals surface area (Å²) in [5.74, 6) is -2.05. The predicted molar refractivity (Wildman–Crippen MR) is 110 cm³/mol. The van der Waals surface area contributed by atoms with Crippen molar-refractivity contribution in [2.24, 2.45) is 5.92 Å². The fraction of sp³-hybridized carbons (Fsp3) is 0.318. The Hall–Kier alpha value is -3.55. The van der Waals surface area contributed by atoms with Crippen molar-refractivity contribution in [1.29, 1.82) is 0 Å². The number of carboxylic acids is 1. The summed E-state index contributed by atoms with van der Waals surface area (Å²) in [6, 6.07) is 13.0. The number of amides is 2.